The first kappa shape index (κ1) is 14.4. The molecular formula is C14H17Cl2N3. The van der Waals surface area contributed by atoms with Crippen molar-refractivity contribution in [1.82, 2.24) is 14.8 Å². The van der Waals surface area contributed by atoms with E-state index in [1.807, 2.05) is 25.1 Å². The van der Waals surface area contributed by atoms with Crippen LogP contribution >= 0.6 is 23.2 Å². The molecule has 0 atom stereocenters. The molecule has 0 aliphatic carbocycles. The van der Waals surface area contributed by atoms with Crippen molar-refractivity contribution in [3.63, 3.8) is 0 Å². The Bertz CT molecular complexity index is 597. The highest BCUT2D eigenvalue weighted by molar-refractivity contribution is 6.31. The molecule has 0 saturated carbocycles. The van der Waals surface area contributed by atoms with Crippen LogP contribution in [0.2, 0.25) is 5.02 Å². The molecule has 0 N–H and O–H groups in total. The van der Waals surface area contributed by atoms with Crippen LogP contribution in [0.5, 0.6) is 0 Å². The van der Waals surface area contributed by atoms with Crippen molar-refractivity contribution in [1.29, 1.82) is 0 Å². The molecule has 2 rings (SSSR count). The van der Waals surface area contributed by atoms with Gasteiger partial charge in [-0.15, -0.1) is 21.8 Å². The topological polar surface area (TPSA) is 30.7 Å². The first-order chi connectivity index (χ1) is 8.84. The van der Waals surface area contributed by atoms with Crippen molar-refractivity contribution in [2.24, 2.45) is 0 Å². The lowest BCUT2D eigenvalue weighted by atomic mass is 10.1. The monoisotopic (exact) mass is 297 g/mol. The van der Waals surface area contributed by atoms with Gasteiger partial charge in [0.1, 0.15) is 5.82 Å². The smallest absolute Gasteiger partial charge is 0.164 e. The lowest BCUT2D eigenvalue weighted by Gasteiger charge is -2.24. The Morgan fingerprint density at radius 1 is 1.21 bits per heavy atom. The third kappa shape index (κ3) is 2.77. The van der Waals surface area contributed by atoms with Gasteiger partial charge in [0.15, 0.2) is 5.82 Å². The van der Waals surface area contributed by atoms with Crippen molar-refractivity contribution in [2.75, 3.05) is 0 Å². The van der Waals surface area contributed by atoms with E-state index in [9.17, 15) is 0 Å². The number of aryl methyl sites for hydroxylation is 1. The summed E-state index contributed by atoms with van der Waals surface area (Å²) in [5.41, 5.74) is 1.86. The summed E-state index contributed by atoms with van der Waals surface area (Å²) in [4.78, 5) is 0. The second kappa shape index (κ2) is 5.14. The van der Waals surface area contributed by atoms with Crippen molar-refractivity contribution in [3.05, 3.63) is 34.6 Å². The molecule has 19 heavy (non-hydrogen) atoms. The molecule has 0 bridgehead atoms. The van der Waals surface area contributed by atoms with Crippen LogP contribution in [0.1, 0.15) is 32.2 Å². The van der Waals surface area contributed by atoms with Crippen LogP contribution in [-0.4, -0.2) is 14.8 Å². The summed E-state index contributed by atoms with van der Waals surface area (Å²) in [6.07, 6.45) is 0. The molecule has 0 spiro atoms. The molecule has 3 nitrogen and oxygen atoms in total. The summed E-state index contributed by atoms with van der Waals surface area (Å²) in [5.74, 6) is 1.90. The van der Waals surface area contributed by atoms with E-state index in [0.717, 1.165) is 27.8 Å². The number of benzene rings is 1. The Hall–Kier alpha value is -1.06. The fourth-order valence-corrected chi connectivity index (χ4v) is 2.38. The molecule has 2 aromatic rings. The SMILES string of the molecule is Cc1ccc(-c2nnc(CCl)n2C(C)(C)C)cc1Cl. The van der Waals surface area contributed by atoms with Gasteiger partial charge in [0, 0.05) is 16.1 Å². The zero-order valence-corrected chi connectivity index (χ0v) is 13.0. The largest absolute Gasteiger partial charge is 0.305 e. The molecule has 1 aromatic carbocycles. The summed E-state index contributed by atoms with van der Waals surface area (Å²) in [7, 11) is 0. The van der Waals surface area contributed by atoms with E-state index in [0.29, 0.717) is 5.88 Å². The van der Waals surface area contributed by atoms with Crippen LogP contribution in [0.4, 0.5) is 0 Å². The number of nitrogens with zero attached hydrogens (tertiary/aromatic N) is 3. The molecule has 5 heteroatoms. The van der Waals surface area contributed by atoms with E-state index in [1.54, 1.807) is 0 Å². The molecule has 0 fully saturated rings. The maximum absolute atomic E-state index is 6.19. The van der Waals surface area contributed by atoms with Crippen LogP contribution < -0.4 is 0 Å². The highest BCUT2D eigenvalue weighted by Crippen LogP contribution is 2.29. The van der Waals surface area contributed by atoms with Crippen LogP contribution in [0, 0.1) is 6.92 Å². The molecular weight excluding hydrogens is 281 g/mol. The third-order valence-electron chi connectivity index (χ3n) is 2.95. The lowest BCUT2D eigenvalue weighted by Crippen LogP contribution is -2.24. The Labute approximate surface area is 123 Å². The second-order valence-corrected chi connectivity index (χ2v) is 6.22. The first-order valence-corrected chi connectivity index (χ1v) is 7.03. The highest BCUT2D eigenvalue weighted by Gasteiger charge is 2.23. The Kier molecular flexibility index (Phi) is 3.88. The van der Waals surface area contributed by atoms with Gasteiger partial charge in [-0.05, 0) is 39.3 Å². The van der Waals surface area contributed by atoms with Gasteiger partial charge >= 0.3 is 0 Å². The summed E-state index contributed by atoms with van der Waals surface area (Å²) >= 11 is 12.1. The predicted octanol–water partition coefficient (Wildman–Crippen LogP) is 4.40. The third-order valence-corrected chi connectivity index (χ3v) is 3.60. The summed E-state index contributed by atoms with van der Waals surface area (Å²) in [6.45, 7) is 8.29. The van der Waals surface area contributed by atoms with Crippen molar-refractivity contribution in [3.8, 4) is 11.4 Å². The molecule has 0 aliphatic rings. The number of halogens is 2. The van der Waals surface area contributed by atoms with Crippen LogP contribution in [0.25, 0.3) is 11.4 Å². The van der Waals surface area contributed by atoms with Gasteiger partial charge in [-0.1, -0.05) is 23.7 Å². The average molecular weight is 298 g/mol. The van der Waals surface area contributed by atoms with Gasteiger partial charge in [-0.3, -0.25) is 0 Å². The summed E-state index contributed by atoms with van der Waals surface area (Å²) in [6, 6.07) is 5.91. The highest BCUT2D eigenvalue weighted by atomic mass is 35.5. The predicted molar refractivity (Wildman–Crippen MR) is 79.8 cm³/mol. The molecule has 102 valence electrons. The zero-order chi connectivity index (χ0) is 14.2. The quantitative estimate of drug-likeness (QED) is 0.769. The van der Waals surface area contributed by atoms with E-state index in [4.69, 9.17) is 23.2 Å². The van der Waals surface area contributed by atoms with E-state index < -0.39 is 0 Å². The molecule has 1 aromatic heterocycles. The van der Waals surface area contributed by atoms with Crippen molar-refractivity contribution < 1.29 is 0 Å². The van der Waals surface area contributed by atoms with Gasteiger partial charge in [-0.2, -0.15) is 0 Å². The fraction of sp³-hybridized carbons (Fsp3) is 0.429. The number of rotatable bonds is 2. The van der Waals surface area contributed by atoms with Crippen molar-refractivity contribution >= 4 is 23.2 Å². The van der Waals surface area contributed by atoms with E-state index in [-0.39, 0.29) is 5.54 Å². The van der Waals surface area contributed by atoms with E-state index in [2.05, 4.69) is 35.5 Å². The van der Waals surface area contributed by atoms with Gasteiger partial charge in [0.05, 0.1) is 5.88 Å². The van der Waals surface area contributed by atoms with Crippen LogP contribution in [0.15, 0.2) is 18.2 Å². The van der Waals surface area contributed by atoms with E-state index >= 15 is 0 Å². The number of alkyl halides is 1. The van der Waals surface area contributed by atoms with E-state index in [1.165, 1.54) is 0 Å². The Morgan fingerprint density at radius 2 is 1.89 bits per heavy atom. The van der Waals surface area contributed by atoms with Gasteiger partial charge in [0.2, 0.25) is 0 Å². The first-order valence-electron chi connectivity index (χ1n) is 6.12. The van der Waals surface area contributed by atoms with Crippen LogP contribution in [-0.2, 0) is 11.4 Å². The lowest BCUT2D eigenvalue weighted by molar-refractivity contribution is 0.390. The van der Waals surface area contributed by atoms with Gasteiger partial charge in [-0.25, -0.2) is 0 Å². The standard InChI is InChI=1S/C14H17Cl2N3/c1-9-5-6-10(7-11(9)16)13-18-17-12(8-15)19(13)14(2,3)4/h5-7H,8H2,1-4H3. The van der Waals surface area contributed by atoms with Gasteiger partial charge < -0.3 is 4.57 Å². The molecule has 0 unspecified atom stereocenters. The molecule has 0 radical (unpaired) electrons. The minimum Gasteiger partial charge on any atom is -0.305 e. The van der Waals surface area contributed by atoms with Crippen molar-refractivity contribution in [2.45, 2.75) is 39.1 Å². The minimum absolute atomic E-state index is 0.138. The summed E-state index contributed by atoms with van der Waals surface area (Å²) in [5, 5.41) is 9.16. The number of hydrogen-bond donors (Lipinski definition) is 0. The normalized spacial score (nSPS) is 11.9. The maximum Gasteiger partial charge on any atom is 0.164 e. The Morgan fingerprint density at radius 3 is 2.42 bits per heavy atom. The number of aromatic nitrogens is 3. The van der Waals surface area contributed by atoms with Crippen LogP contribution in [0.3, 0.4) is 0 Å². The van der Waals surface area contributed by atoms with Gasteiger partial charge in [0.25, 0.3) is 0 Å². The molecule has 0 aliphatic heterocycles. The number of hydrogen-bond acceptors (Lipinski definition) is 2. The maximum atomic E-state index is 6.19. The average Bonchev–Trinajstić information content (AvgIpc) is 2.76. The Balaban J connectivity index is 2.62. The zero-order valence-electron chi connectivity index (χ0n) is 11.5. The minimum atomic E-state index is -0.138. The molecule has 0 amide bonds. The second-order valence-electron chi connectivity index (χ2n) is 5.54. The molecule has 0 saturated heterocycles. The fourth-order valence-electron chi connectivity index (χ4n) is 2.03. The molecule has 1 heterocycles. The summed E-state index contributed by atoms with van der Waals surface area (Å²) < 4.78 is 2.06.